The van der Waals surface area contributed by atoms with Gasteiger partial charge < -0.3 is 9.47 Å². The van der Waals surface area contributed by atoms with Crippen LogP contribution in [0, 0.1) is 0 Å². The number of fused-ring (bicyclic) bond motifs is 1. The summed E-state index contributed by atoms with van der Waals surface area (Å²) in [7, 11) is -3.24. The molecule has 1 aliphatic carbocycles. The molecule has 1 aromatic heterocycles. The first-order valence-electron chi connectivity index (χ1n) is 9.12. The number of sulfone groups is 1. The Kier molecular flexibility index (Phi) is 3.90. The minimum Gasteiger partial charge on any atom is -0.454 e. The van der Waals surface area contributed by atoms with E-state index in [-0.39, 0.29) is 11.7 Å². The van der Waals surface area contributed by atoms with E-state index in [0.717, 1.165) is 47.2 Å². The summed E-state index contributed by atoms with van der Waals surface area (Å²) in [6.07, 6.45) is 4.01. The highest BCUT2D eigenvalue weighted by molar-refractivity contribution is 7.90. The van der Waals surface area contributed by atoms with Crippen LogP contribution >= 0.6 is 0 Å². The maximum atomic E-state index is 11.7. The zero-order valence-corrected chi connectivity index (χ0v) is 16.1. The lowest BCUT2D eigenvalue weighted by molar-refractivity contribution is 0.174. The second-order valence-corrected chi connectivity index (χ2v) is 9.22. The molecule has 0 N–H and O–H groups in total. The van der Waals surface area contributed by atoms with E-state index in [9.17, 15) is 8.42 Å². The summed E-state index contributed by atoms with van der Waals surface area (Å²) >= 11 is 0. The van der Waals surface area contributed by atoms with Gasteiger partial charge in [0.25, 0.3) is 0 Å². The van der Waals surface area contributed by atoms with E-state index in [2.05, 4.69) is 0 Å². The number of rotatable bonds is 5. The summed E-state index contributed by atoms with van der Waals surface area (Å²) in [5, 5.41) is 4.70. The summed E-state index contributed by atoms with van der Waals surface area (Å²) in [6.45, 7) is 0.244. The number of aromatic nitrogens is 3. The smallest absolute Gasteiger partial charge is 0.231 e. The maximum Gasteiger partial charge on any atom is 0.231 e. The lowest BCUT2D eigenvalue weighted by Crippen LogP contribution is -2.05. The fraction of sp³-hybridized carbons (Fsp3) is 0.300. The molecule has 0 unspecified atom stereocenters. The van der Waals surface area contributed by atoms with Crippen molar-refractivity contribution in [3.05, 3.63) is 59.7 Å². The Balaban J connectivity index is 1.51. The molecule has 28 heavy (non-hydrogen) atoms. The summed E-state index contributed by atoms with van der Waals surface area (Å²) in [5.74, 6) is 3.58. The lowest BCUT2D eigenvalue weighted by Gasteiger charge is -2.07. The number of nitrogens with zero attached hydrogens (tertiary/aromatic N) is 3. The predicted octanol–water partition coefficient (Wildman–Crippen LogP) is 2.87. The molecule has 7 nitrogen and oxygen atoms in total. The molecule has 8 heteroatoms. The third-order valence-electron chi connectivity index (χ3n) is 4.94. The topological polar surface area (TPSA) is 83.3 Å². The molecule has 0 amide bonds. The van der Waals surface area contributed by atoms with E-state index in [0.29, 0.717) is 12.3 Å². The van der Waals surface area contributed by atoms with Crippen molar-refractivity contribution >= 4 is 9.84 Å². The van der Waals surface area contributed by atoms with Crippen molar-refractivity contribution in [1.29, 1.82) is 0 Å². The molecule has 0 spiro atoms. The molecule has 2 aliphatic rings. The Morgan fingerprint density at radius 3 is 2.54 bits per heavy atom. The lowest BCUT2D eigenvalue weighted by atomic mass is 10.1. The molecule has 144 valence electrons. The van der Waals surface area contributed by atoms with Crippen LogP contribution in [0.3, 0.4) is 0 Å². The monoisotopic (exact) mass is 397 g/mol. The molecule has 1 fully saturated rings. The summed E-state index contributed by atoms with van der Waals surface area (Å²) < 4.78 is 36.1. The van der Waals surface area contributed by atoms with Gasteiger partial charge >= 0.3 is 0 Å². The standard InChI is InChI=1S/C20H19N3O4S/c1-28(24,25)16-7-5-15(6-8-16)23-19(21-20(22-23)14-3-4-14)11-13-2-9-17-18(10-13)27-12-26-17/h2,5-10,14H,3-4,11-12H2,1H3. The number of hydrogen-bond acceptors (Lipinski definition) is 6. The van der Waals surface area contributed by atoms with Gasteiger partial charge in [-0.05, 0) is 54.8 Å². The van der Waals surface area contributed by atoms with Gasteiger partial charge in [0.1, 0.15) is 5.82 Å². The van der Waals surface area contributed by atoms with Gasteiger partial charge in [0, 0.05) is 18.6 Å². The molecule has 2 aromatic carbocycles. The van der Waals surface area contributed by atoms with Crippen molar-refractivity contribution in [3.63, 3.8) is 0 Å². The van der Waals surface area contributed by atoms with Gasteiger partial charge in [-0.1, -0.05) is 6.07 Å². The second kappa shape index (κ2) is 6.34. The highest BCUT2D eigenvalue weighted by Crippen LogP contribution is 2.39. The second-order valence-electron chi connectivity index (χ2n) is 7.20. The predicted molar refractivity (Wildman–Crippen MR) is 102 cm³/mol. The van der Waals surface area contributed by atoms with E-state index in [1.807, 2.05) is 22.9 Å². The molecule has 5 rings (SSSR count). The van der Waals surface area contributed by atoms with Gasteiger partial charge in [0.15, 0.2) is 27.2 Å². The van der Waals surface area contributed by atoms with E-state index in [1.165, 1.54) is 6.26 Å². The molecular weight excluding hydrogens is 378 g/mol. The van der Waals surface area contributed by atoms with Crippen molar-refractivity contribution in [2.24, 2.45) is 0 Å². The Hall–Kier alpha value is -2.87. The molecule has 1 saturated carbocycles. The molecule has 0 atom stereocenters. The summed E-state index contributed by atoms with van der Waals surface area (Å²) in [4.78, 5) is 5.06. The largest absolute Gasteiger partial charge is 0.454 e. The van der Waals surface area contributed by atoms with E-state index < -0.39 is 9.84 Å². The van der Waals surface area contributed by atoms with Gasteiger partial charge in [-0.25, -0.2) is 18.1 Å². The van der Waals surface area contributed by atoms with Gasteiger partial charge in [0.2, 0.25) is 6.79 Å². The maximum absolute atomic E-state index is 11.7. The van der Waals surface area contributed by atoms with Crippen LogP contribution in [0.1, 0.15) is 36.0 Å². The molecule has 0 radical (unpaired) electrons. The van der Waals surface area contributed by atoms with E-state index >= 15 is 0 Å². The summed E-state index contributed by atoms with van der Waals surface area (Å²) in [6, 6.07) is 12.6. The van der Waals surface area contributed by atoms with Crippen LogP contribution in [0.15, 0.2) is 47.4 Å². The zero-order chi connectivity index (χ0) is 19.3. The number of hydrogen-bond donors (Lipinski definition) is 0. The van der Waals surface area contributed by atoms with Crippen molar-refractivity contribution in [2.45, 2.75) is 30.1 Å². The minimum atomic E-state index is -3.24. The van der Waals surface area contributed by atoms with Crippen LogP contribution in [0.5, 0.6) is 11.5 Å². The molecular formula is C20H19N3O4S. The third kappa shape index (κ3) is 3.24. The van der Waals surface area contributed by atoms with Crippen LogP contribution in [0.2, 0.25) is 0 Å². The van der Waals surface area contributed by atoms with E-state index in [4.69, 9.17) is 19.6 Å². The van der Waals surface area contributed by atoms with Crippen molar-refractivity contribution in [1.82, 2.24) is 14.8 Å². The van der Waals surface area contributed by atoms with Crippen molar-refractivity contribution in [3.8, 4) is 17.2 Å². The van der Waals surface area contributed by atoms with Gasteiger partial charge in [-0.2, -0.15) is 5.10 Å². The Bertz CT molecular complexity index is 1150. The van der Waals surface area contributed by atoms with Crippen LogP contribution in [0.4, 0.5) is 0 Å². The fourth-order valence-corrected chi connectivity index (χ4v) is 3.90. The number of ether oxygens (including phenoxy) is 2. The molecule has 0 saturated heterocycles. The molecule has 1 aliphatic heterocycles. The van der Waals surface area contributed by atoms with Crippen LogP contribution in [-0.2, 0) is 16.3 Å². The number of benzene rings is 2. The van der Waals surface area contributed by atoms with Crippen LogP contribution < -0.4 is 9.47 Å². The SMILES string of the molecule is CS(=O)(=O)c1ccc(-n2nc(C3CC3)nc2Cc2ccc3c(c2)OCO3)cc1. The quantitative estimate of drug-likeness (QED) is 0.658. The molecule has 3 aromatic rings. The van der Waals surface area contributed by atoms with Crippen molar-refractivity contribution < 1.29 is 17.9 Å². The van der Waals surface area contributed by atoms with Gasteiger partial charge in [-0.15, -0.1) is 0 Å². The molecule has 0 bridgehead atoms. The highest BCUT2D eigenvalue weighted by Gasteiger charge is 2.29. The zero-order valence-electron chi connectivity index (χ0n) is 15.3. The Morgan fingerprint density at radius 1 is 1.07 bits per heavy atom. The van der Waals surface area contributed by atoms with Crippen molar-refractivity contribution in [2.75, 3.05) is 13.0 Å². The first-order chi connectivity index (χ1) is 13.5. The van der Waals surface area contributed by atoms with Gasteiger partial charge in [0.05, 0.1) is 10.6 Å². The van der Waals surface area contributed by atoms with Crippen LogP contribution in [0.25, 0.3) is 5.69 Å². The van der Waals surface area contributed by atoms with Gasteiger partial charge in [-0.3, -0.25) is 0 Å². The summed E-state index contributed by atoms with van der Waals surface area (Å²) in [5.41, 5.74) is 1.84. The molecule has 2 heterocycles. The van der Waals surface area contributed by atoms with Crippen LogP contribution in [-0.4, -0.2) is 36.2 Å². The fourth-order valence-electron chi connectivity index (χ4n) is 3.27. The normalized spacial score (nSPS) is 15.8. The average molecular weight is 397 g/mol. The highest BCUT2D eigenvalue weighted by atomic mass is 32.2. The Morgan fingerprint density at radius 2 is 1.82 bits per heavy atom. The Labute approximate surface area is 162 Å². The van der Waals surface area contributed by atoms with E-state index in [1.54, 1.807) is 24.3 Å². The first kappa shape index (κ1) is 17.2. The minimum absolute atomic E-state index is 0.244. The average Bonchev–Trinajstić information content (AvgIpc) is 3.27. The first-order valence-corrected chi connectivity index (χ1v) is 11.0. The third-order valence-corrected chi connectivity index (χ3v) is 6.07.